The van der Waals surface area contributed by atoms with Crippen LogP contribution in [0.4, 0.5) is 5.82 Å². The SMILES string of the molecule is COCCN(CC(C)C)c1ncc(CO)cc1C. The van der Waals surface area contributed by atoms with Crippen molar-refractivity contribution < 1.29 is 9.84 Å². The number of hydrogen-bond donors (Lipinski definition) is 1. The summed E-state index contributed by atoms with van der Waals surface area (Å²) in [6, 6.07) is 1.99. The lowest BCUT2D eigenvalue weighted by Gasteiger charge is -2.27. The van der Waals surface area contributed by atoms with Gasteiger partial charge in [0, 0.05) is 26.4 Å². The fraction of sp³-hybridized carbons (Fsp3) is 0.643. The summed E-state index contributed by atoms with van der Waals surface area (Å²) in [6.07, 6.45) is 1.74. The summed E-state index contributed by atoms with van der Waals surface area (Å²) in [7, 11) is 1.71. The van der Waals surface area contributed by atoms with Gasteiger partial charge < -0.3 is 14.7 Å². The molecule has 0 fully saturated rings. The second kappa shape index (κ2) is 7.34. The van der Waals surface area contributed by atoms with Crippen molar-refractivity contribution in [2.24, 2.45) is 5.92 Å². The number of ether oxygens (including phenoxy) is 1. The quantitative estimate of drug-likeness (QED) is 0.806. The van der Waals surface area contributed by atoms with Gasteiger partial charge in [0.2, 0.25) is 0 Å². The highest BCUT2D eigenvalue weighted by Crippen LogP contribution is 2.19. The molecule has 0 aromatic carbocycles. The van der Waals surface area contributed by atoms with E-state index in [-0.39, 0.29) is 6.61 Å². The van der Waals surface area contributed by atoms with Gasteiger partial charge in [-0.25, -0.2) is 4.98 Å². The smallest absolute Gasteiger partial charge is 0.131 e. The minimum Gasteiger partial charge on any atom is -0.392 e. The van der Waals surface area contributed by atoms with Crippen LogP contribution in [-0.2, 0) is 11.3 Å². The van der Waals surface area contributed by atoms with Gasteiger partial charge in [-0.2, -0.15) is 0 Å². The Hall–Kier alpha value is -1.13. The van der Waals surface area contributed by atoms with E-state index in [1.807, 2.05) is 13.0 Å². The topological polar surface area (TPSA) is 45.6 Å². The van der Waals surface area contributed by atoms with Crippen molar-refractivity contribution >= 4 is 5.82 Å². The molecule has 0 bridgehead atoms. The Morgan fingerprint density at radius 1 is 1.44 bits per heavy atom. The van der Waals surface area contributed by atoms with E-state index < -0.39 is 0 Å². The molecule has 0 aliphatic carbocycles. The van der Waals surface area contributed by atoms with Gasteiger partial charge in [-0.3, -0.25) is 0 Å². The number of anilines is 1. The molecule has 0 unspecified atom stereocenters. The summed E-state index contributed by atoms with van der Waals surface area (Å²) in [5.41, 5.74) is 1.95. The summed E-state index contributed by atoms with van der Waals surface area (Å²) < 4.78 is 5.15. The molecule has 0 atom stereocenters. The van der Waals surface area contributed by atoms with Crippen LogP contribution in [0.2, 0.25) is 0 Å². The first-order valence-electron chi connectivity index (χ1n) is 6.38. The molecule has 0 saturated carbocycles. The lowest BCUT2D eigenvalue weighted by atomic mass is 10.1. The Kier molecular flexibility index (Phi) is 6.09. The van der Waals surface area contributed by atoms with Gasteiger partial charge in [-0.15, -0.1) is 0 Å². The number of hydrogen-bond acceptors (Lipinski definition) is 4. The molecule has 0 radical (unpaired) electrons. The zero-order valence-electron chi connectivity index (χ0n) is 11.8. The minimum atomic E-state index is 0.0381. The van der Waals surface area contributed by atoms with Crippen molar-refractivity contribution in [2.45, 2.75) is 27.4 Å². The molecule has 0 saturated heterocycles. The van der Waals surface area contributed by atoms with E-state index in [0.29, 0.717) is 12.5 Å². The monoisotopic (exact) mass is 252 g/mol. The lowest BCUT2D eigenvalue weighted by molar-refractivity contribution is 0.204. The van der Waals surface area contributed by atoms with E-state index in [2.05, 4.69) is 23.7 Å². The van der Waals surface area contributed by atoms with Gasteiger partial charge in [0.25, 0.3) is 0 Å². The first-order valence-corrected chi connectivity index (χ1v) is 6.38. The highest BCUT2D eigenvalue weighted by Gasteiger charge is 2.12. The first kappa shape index (κ1) is 14.9. The maximum absolute atomic E-state index is 9.10. The molecule has 1 rings (SSSR count). The van der Waals surface area contributed by atoms with Crippen molar-refractivity contribution in [3.05, 3.63) is 23.4 Å². The van der Waals surface area contributed by atoms with Crippen LogP contribution >= 0.6 is 0 Å². The molecule has 1 aromatic heterocycles. The maximum Gasteiger partial charge on any atom is 0.131 e. The zero-order valence-corrected chi connectivity index (χ0v) is 11.8. The average Bonchev–Trinajstić information content (AvgIpc) is 2.34. The summed E-state index contributed by atoms with van der Waals surface area (Å²) in [6.45, 7) is 8.93. The van der Waals surface area contributed by atoms with Crippen molar-refractivity contribution in [2.75, 3.05) is 31.7 Å². The number of aliphatic hydroxyl groups excluding tert-OH is 1. The van der Waals surface area contributed by atoms with E-state index in [1.54, 1.807) is 13.3 Å². The van der Waals surface area contributed by atoms with Crippen LogP contribution in [0.5, 0.6) is 0 Å². The molecular weight excluding hydrogens is 228 g/mol. The van der Waals surface area contributed by atoms with Crippen LogP contribution in [-0.4, -0.2) is 36.9 Å². The molecule has 18 heavy (non-hydrogen) atoms. The minimum absolute atomic E-state index is 0.0381. The third kappa shape index (κ3) is 4.27. The lowest BCUT2D eigenvalue weighted by Crippen LogP contribution is -2.32. The predicted molar refractivity (Wildman–Crippen MR) is 73.8 cm³/mol. The Balaban J connectivity index is 2.89. The van der Waals surface area contributed by atoms with Gasteiger partial charge >= 0.3 is 0 Å². The first-order chi connectivity index (χ1) is 8.58. The molecule has 0 spiro atoms. The van der Waals surface area contributed by atoms with Gasteiger partial charge in [0.1, 0.15) is 5.82 Å². The Bertz CT molecular complexity index is 367. The third-order valence-corrected chi connectivity index (χ3v) is 2.74. The summed E-state index contributed by atoms with van der Waals surface area (Å²) in [5, 5.41) is 9.10. The van der Waals surface area contributed by atoms with Crippen LogP contribution in [0.25, 0.3) is 0 Å². The van der Waals surface area contributed by atoms with Crippen molar-refractivity contribution in [3.63, 3.8) is 0 Å². The standard InChI is InChI=1S/C14H24N2O2/c1-11(2)9-16(5-6-18-4)14-12(3)7-13(10-17)8-15-14/h7-8,11,17H,5-6,9-10H2,1-4H3. The predicted octanol–water partition coefficient (Wildman–Crippen LogP) is 1.99. The van der Waals surface area contributed by atoms with E-state index in [9.17, 15) is 0 Å². The Labute approximate surface area is 110 Å². The number of rotatable bonds is 7. The number of nitrogens with zero attached hydrogens (tertiary/aromatic N) is 2. The van der Waals surface area contributed by atoms with Gasteiger partial charge in [-0.05, 0) is 30.0 Å². The molecule has 1 heterocycles. The summed E-state index contributed by atoms with van der Waals surface area (Å²) in [5.74, 6) is 1.55. The van der Waals surface area contributed by atoms with Crippen molar-refractivity contribution in [3.8, 4) is 0 Å². The maximum atomic E-state index is 9.10. The number of aromatic nitrogens is 1. The van der Waals surface area contributed by atoms with E-state index >= 15 is 0 Å². The van der Waals surface area contributed by atoms with E-state index in [1.165, 1.54) is 0 Å². The zero-order chi connectivity index (χ0) is 13.5. The highest BCUT2D eigenvalue weighted by molar-refractivity contribution is 5.47. The van der Waals surface area contributed by atoms with Crippen LogP contribution in [0.1, 0.15) is 25.0 Å². The molecule has 4 nitrogen and oxygen atoms in total. The van der Waals surface area contributed by atoms with Crippen molar-refractivity contribution in [1.29, 1.82) is 0 Å². The van der Waals surface area contributed by atoms with Crippen LogP contribution in [0.3, 0.4) is 0 Å². The fourth-order valence-corrected chi connectivity index (χ4v) is 1.97. The fourth-order valence-electron chi connectivity index (χ4n) is 1.97. The number of aliphatic hydroxyl groups is 1. The Morgan fingerprint density at radius 2 is 2.17 bits per heavy atom. The van der Waals surface area contributed by atoms with Crippen LogP contribution < -0.4 is 4.90 Å². The molecule has 0 aliphatic heterocycles. The number of methoxy groups -OCH3 is 1. The highest BCUT2D eigenvalue weighted by atomic mass is 16.5. The molecule has 4 heteroatoms. The Morgan fingerprint density at radius 3 is 2.67 bits per heavy atom. The van der Waals surface area contributed by atoms with Crippen LogP contribution in [0.15, 0.2) is 12.3 Å². The third-order valence-electron chi connectivity index (χ3n) is 2.74. The van der Waals surface area contributed by atoms with Crippen molar-refractivity contribution in [1.82, 2.24) is 4.98 Å². The molecular formula is C14H24N2O2. The summed E-state index contributed by atoms with van der Waals surface area (Å²) in [4.78, 5) is 6.71. The average molecular weight is 252 g/mol. The number of aryl methyl sites for hydroxylation is 1. The van der Waals surface area contributed by atoms with Crippen LogP contribution in [0, 0.1) is 12.8 Å². The normalized spacial score (nSPS) is 11.0. The largest absolute Gasteiger partial charge is 0.392 e. The molecule has 0 aliphatic rings. The summed E-state index contributed by atoms with van der Waals surface area (Å²) >= 11 is 0. The molecule has 1 N–H and O–H groups in total. The number of pyridine rings is 1. The second-order valence-corrected chi connectivity index (χ2v) is 4.97. The molecule has 1 aromatic rings. The van der Waals surface area contributed by atoms with E-state index in [4.69, 9.17) is 9.84 Å². The molecule has 102 valence electrons. The van der Waals surface area contributed by atoms with Gasteiger partial charge in [0.15, 0.2) is 0 Å². The molecule has 0 amide bonds. The second-order valence-electron chi connectivity index (χ2n) is 4.97. The van der Waals surface area contributed by atoms with Gasteiger partial charge in [0.05, 0.1) is 13.2 Å². The van der Waals surface area contributed by atoms with Gasteiger partial charge in [-0.1, -0.05) is 13.8 Å². The van der Waals surface area contributed by atoms with E-state index in [0.717, 1.165) is 30.0 Å².